The maximum Gasteiger partial charge on any atom is 0.433 e. The number of halogens is 6. The van der Waals surface area contributed by atoms with E-state index in [2.05, 4.69) is 15.0 Å². The monoisotopic (exact) mass is 406 g/mol. The highest BCUT2D eigenvalue weighted by atomic mass is 32.2. The SMILES string of the molecule is CCSc1cc(C(F)(F)F)ncc1-c1nc2cc(C(F)(F)F)cnc2n1C. The van der Waals surface area contributed by atoms with E-state index in [4.69, 9.17) is 0 Å². The van der Waals surface area contributed by atoms with Crippen molar-refractivity contribution in [3.05, 3.63) is 35.8 Å². The highest BCUT2D eigenvalue weighted by molar-refractivity contribution is 7.99. The summed E-state index contributed by atoms with van der Waals surface area (Å²) in [6, 6.07) is 1.77. The van der Waals surface area contributed by atoms with Gasteiger partial charge in [0.1, 0.15) is 17.0 Å². The molecular weight excluding hydrogens is 394 g/mol. The van der Waals surface area contributed by atoms with Crippen molar-refractivity contribution in [1.29, 1.82) is 0 Å². The second-order valence-corrected chi connectivity index (χ2v) is 6.86. The predicted molar refractivity (Wildman–Crippen MR) is 88.1 cm³/mol. The van der Waals surface area contributed by atoms with Gasteiger partial charge in [0, 0.05) is 29.9 Å². The Morgan fingerprint density at radius 1 is 1.00 bits per heavy atom. The molecule has 4 nitrogen and oxygen atoms in total. The molecule has 3 rings (SSSR count). The maximum atomic E-state index is 12.9. The largest absolute Gasteiger partial charge is 0.433 e. The van der Waals surface area contributed by atoms with E-state index >= 15 is 0 Å². The first-order chi connectivity index (χ1) is 12.5. The van der Waals surface area contributed by atoms with Crippen molar-refractivity contribution < 1.29 is 26.3 Å². The first-order valence-corrected chi connectivity index (χ1v) is 8.61. The van der Waals surface area contributed by atoms with Crippen LogP contribution in [0.25, 0.3) is 22.6 Å². The molecule has 0 bridgehead atoms. The second kappa shape index (κ2) is 6.70. The van der Waals surface area contributed by atoms with Crippen LogP contribution in [0.15, 0.2) is 29.4 Å². The van der Waals surface area contributed by atoms with Crippen molar-refractivity contribution in [2.45, 2.75) is 24.2 Å². The van der Waals surface area contributed by atoms with Crippen LogP contribution in [-0.4, -0.2) is 25.3 Å². The van der Waals surface area contributed by atoms with E-state index in [9.17, 15) is 26.3 Å². The van der Waals surface area contributed by atoms with Crippen LogP contribution in [0, 0.1) is 0 Å². The summed E-state index contributed by atoms with van der Waals surface area (Å²) in [4.78, 5) is 11.7. The van der Waals surface area contributed by atoms with E-state index in [-0.39, 0.29) is 21.9 Å². The topological polar surface area (TPSA) is 43.6 Å². The van der Waals surface area contributed by atoms with E-state index < -0.39 is 23.6 Å². The lowest BCUT2D eigenvalue weighted by atomic mass is 10.2. The fourth-order valence-electron chi connectivity index (χ4n) is 2.51. The van der Waals surface area contributed by atoms with E-state index in [0.29, 0.717) is 17.5 Å². The molecule has 0 saturated carbocycles. The third-order valence-corrected chi connectivity index (χ3v) is 4.67. The maximum absolute atomic E-state index is 12.9. The fourth-order valence-corrected chi connectivity index (χ4v) is 3.31. The molecule has 144 valence electrons. The average Bonchev–Trinajstić information content (AvgIpc) is 2.90. The van der Waals surface area contributed by atoms with Gasteiger partial charge in [-0.1, -0.05) is 6.92 Å². The van der Waals surface area contributed by atoms with Crippen LogP contribution in [0.1, 0.15) is 18.2 Å². The van der Waals surface area contributed by atoms with Crippen LogP contribution in [0.5, 0.6) is 0 Å². The molecule has 0 aromatic carbocycles. The lowest BCUT2D eigenvalue weighted by Gasteiger charge is -2.12. The first-order valence-electron chi connectivity index (χ1n) is 7.62. The molecule has 0 fully saturated rings. The number of imidazole rings is 1. The van der Waals surface area contributed by atoms with Gasteiger partial charge in [0.2, 0.25) is 0 Å². The Bertz CT molecular complexity index is 993. The minimum Gasteiger partial charge on any atom is -0.312 e. The lowest BCUT2D eigenvalue weighted by Crippen LogP contribution is -2.08. The van der Waals surface area contributed by atoms with Gasteiger partial charge in [-0.15, -0.1) is 11.8 Å². The van der Waals surface area contributed by atoms with Gasteiger partial charge in [-0.3, -0.25) is 4.98 Å². The van der Waals surface area contributed by atoms with Crippen LogP contribution in [0.4, 0.5) is 26.3 Å². The predicted octanol–water partition coefficient (Wildman–Crippen LogP) is 5.18. The first kappa shape index (κ1) is 19.5. The number of aryl methyl sites for hydroxylation is 1. The molecule has 0 aliphatic carbocycles. The number of alkyl halides is 6. The Kier molecular flexibility index (Phi) is 4.83. The Hall–Kier alpha value is -2.30. The third kappa shape index (κ3) is 3.73. The normalized spacial score (nSPS) is 12.7. The molecule has 3 aromatic heterocycles. The summed E-state index contributed by atoms with van der Waals surface area (Å²) >= 11 is 1.16. The molecule has 0 aliphatic heterocycles. The molecular formula is C16H12F6N4S. The molecule has 11 heteroatoms. The summed E-state index contributed by atoms with van der Waals surface area (Å²) in [5.41, 5.74) is -1.52. The quantitative estimate of drug-likeness (QED) is 0.444. The summed E-state index contributed by atoms with van der Waals surface area (Å²) in [6.45, 7) is 1.77. The Morgan fingerprint density at radius 2 is 1.70 bits per heavy atom. The highest BCUT2D eigenvalue weighted by Gasteiger charge is 2.34. The molecule has 3 aromatic rings. The smallest absolute Gasteiger partial charge is 0.312 e. The third-order valence-electron chi connectivity index (χ3n) is 3.73. The number of fused-ring (bicyclic) bond motifs is 1. The van der Waals surface area contributed by atoms with Crippen LogP contribution < -0.4 is 0 Å². The number of hydrogen-bond donors (Lipinski definition) is 0. The van der Waals surface area contributed by atoms with E-state index in [0.717, 1.165) is 30.1 Å². The molecule has 0 unspecified atom stereocenters. The van der Waals surface area contributed by atoms with Crippen LogP contribution in [0.3, 0.4) is 0 Å². The van der Waals surface area contributed by atoms with Crippen molar-refractivity contribution in [2.24, 2.45) is 7.05 Å². The summed E-state index contributed by atoms with van der Waals surface area (Å²) in [5, 5.41) is 0. The summed E-state index contributed by atoms with van der Waals surface area (Å²) in [5.74, 6) is 0.684. The number of nitrogens with zero attached hydrogens (tertiary/aromatic N) is 4. The summed E-state index contributed by atoms with van der Waals surface area (Å²) in [6.07, 6.45) is -7.44. The molecule has 0 amide bonds. The van der Waals surface area contributed by atoms with Crippen LogP contribution >= 0.6 is 11.8 Å². The van der Waals surface area contributed by atoms with Crippen LogP contribution in [-0.2, 0) is 19.4 Å². The Balaban J connectivity index is 2.18. The Labute approximate surface area is 153 Å². The lowest BCUT2D eigenvalue weighted by molar-refractivity contribution is -0.141. The number of thioether (sulfide) groups is 1. The molecule has 0 N–H and O–H groups in total. The van der Waals surface area contributed by atoms with Gasteiger partial charge in [0.25, 0.3) is 0 Å². The van der Waals surface area contributed by atoms with Crippen molar-refractivity contribution in [3.63, 3.8) is 0 Å². The average molecular weight is 406 g/mol. The summed E-state index contributed by atoms with van der Waals surface area (Å²) in [7, 11) is 1.53. The zero-order valence-corrected chi connectivity index (χ0v) is 14.8. The van der Waals surface area contributed by atoms with Crippen molar-refractivity contribution in [3.8, 4) is 11.4 Å². The van der Waals surface area contributed by atoms with E-state index in [1.165, 1.54) is 11.6 Å². The zero-order chi connectivity index (χ0) is 20.0. The number of hydrogen-bond acceptors (Lipinski definition) is 4. The van der Waals surface area contributed by atoms with Gasteiger partial charge in [-0.25, -0.2) is 9.97 Å². The van der Waals surface area contributed by atoms with Gasteiger partial charge in [-0.05, 0) is 17.9 Å². The van der Waals surface area contributed by atoms with Gasteiger partial charge in [-0.2, -0.15) is 26.3 Å². The minimum atomic E-state index is -4.60. The van der Waals surface area contributed by atoms with Gasteiger partial charge >= 0.3 is 12.4 Å². The molecule has 0 atom stereocenters. The van der Waals surface area contributed by atoms with Gasteiger partial charge in [0.05, 0.1) is 5.56 Å². The molecule has 0 radical (unpaired) electrons. The van der Waals surface area contributed by atoms with Gasteiger partial charge in [0.15, 0.2) is 5.65 Å². The fraction of sp³-hybridized carbons (Fsp3) is 0.312. The molecule has 0 spiro atoms. The second-order valence-electron chi connectivity index (χ2n) is 5.56. The number of aromatic nitrogens is 4. The summed E-state index contributed by atoms with van der Waals surface area (Å²) < 4.78 is 78.9. The highest BCUT2D eigenvalue weighted by Crippen LogP contribution is 2.37. The molecule has 0 saturated heterocycles. The number of rotatable bonds is 3. The molecule has 27 heavy (non-hydrogen) atoms. The number of pyridine rings is 2. The van der Waals surface area contributed by atoms with E-state index in [1.807, 2.05) is 0 Å². The molecule has 0 aliphatic rings. The van der Waals surface area contributed by atoms with Gasteiger partial charge < -0.3 is 4.57 Å². The van der Waals surface area contributed by atoms with Crippen molar-refractivity contribution in [1.82, 2.24) is 19.5 Å². The van der Waals surface area contributed by atoms with Crippen LogP contribution in [0.2, 0.25) is 0 Å². The minimum absolute atomic E-state index is 0.00493. The van der Waals surface area contributed by atoms with Crippen molar-refractivity contribution >= 4 is 22.9 Å². The Morgan fingerprint density at radius 3 is 2.30 bits per heavy atom. The zero-order valence-electron chi connectivity index (χ0n) is 14.0. The van der Waals surface area contributed by atoms with Crippen molar-refractivity contribution in [2.75, 3.05) is 5.75 Å². The van der Waals surface area contributed by atoms with E-state index in [1.54, 1.807) is 6.92 Å². The molecule has 3 heterocycles. The standard InChI is InChI=1S/C16H12F6N4S/c1-3-27-11-5-12(16(20,21)22)23-7-9(11)13-25-10-4-8(15(17,18)19)6-24-14(10)26(13)2/h4-7H,3H2,1-2H3.